The van der Waals surface area contributed by atoms with Gasteiger partial charge in [-0.15, -0.1) is 11.8 Å². The van der Waals surface area contributed by atoms with Gasteiger partial charge < -0.3 is 14.6 Å². The number of carbonyl (C=O) groups is 2. The van der Waals surface area contributed by atoms with Crippen molar-refractivity contribution >= 4 is 23.6 Å². The van der Waals surface area contributed by atoms with Gasteiger partial charge in [0.15, 0.2) is 0 Å². The highest BCUT2D eigenvalue weighted by molar-refractivity contribution is 8.00. The minimum atomic E-state index is -0.0388. The highest BCUT2D eigenvalue weighted by Crippen LogP contribution is 2.39. The fraction of sp³-hybridized carbons (Fsp3) is 0.333. The van der Waals surface area contributed by atoms with Crippen molar-refractivity contribution in [2.75, 3.05) is 5.75 Å². The minimum Gasteiger partial charge on any atom is -0.467 e. The van der Waals surface area contributed by atoms with E-state index in [4.69, 9.17) is 4.42 Å². The second-order valence-electron chi connectivity index (χ2n) is 6.13. The van der Waals surface area contributed by atoms with Crippen molar-refractivity contribution in [2.45, 2.75) is 30.8 Å². The van der Waals surface area contributed by atoms with Gasteiger partial charge in [0.2, 0.25) is 5.91 Å². The average molecular weight is 342 g/mol. The highest BCUT2D eigenvalue weighted by atomic mass is 32.2. The van der Waals surface area contributed by atoms with E-state index in [1.807, 2.05) is 41.3 Å². The van der Waals surface area contributed by atoms with Crippen LogP contribution in [-0.4, -0.2) is 28.5 Å². The fourth-order valence-electron chi connectivity index (χ4n) is 2.77. The Balaban J connectivity index is 1.49. The molecule has 1 saturated heterocycles. The van der Waals surface area contributed by atoms with Crippen LogP contribution in [0.15, 0.2) is 47.1 Å². The summed E-state index contributed by atoms with van der Waals surface area (Å²) >= 11 is 1.60. The third-order valence-corrected chi connectivity index (χ3v) is 5.50. The summed E-state index contributed by atoms with van der Waals surface area (Å²) in [5.74, 6) is 1.33. The summed E-state index contributed by atoms with van der Waals surface area (Å²) in [6.45, 7) is 0.466. The predicted molar refractivity (Wildman–Crippen MR) is 91.4 cm³/mol. The van der Waals surface area contributed by atoms with Gasteiger partial charge in [0.05, 0.1) is 18.6 Å². The molecule has 4 rings (SSSR count). The van der Waals surface area contributed by atoms with Crippen LogP contribution in [0.25, 0.3) is 0 Å². The third kappa shape index (κ3) is 3.19. The molecular formula is C18H18N2O3S. The molecule has 2 aromatic rings. The van der Waals surface area contributed by atoms with Crippen LogP contribution < -0.4 is 5.32 Å². The molecular weight excluding hydrogens is 324 g/mol. The summed E-state index contributed by atoms with van der Waals surface area (Å²) in [4.78, 5) is 26.1. The fourth-order valence-corrected chi connectivity index (χ4v) is 3.96. The first-order valence-electron chi connectivity index (χ1n) is 8.05. The Morgan fingerprint density at radius 1 is 1.25 bits per heavy atom. The second-order valence-corrected chi connectivity index (χ2v) is 7.20. The zero-order valence-electron chi connectivity index (χ0n) is 13.1. The molecule has 1 saturated carbocycles. The standard InChI is InChI=1S/C18H18N2O3S/c21-16-11-24-18(20(16)10-15-2-1-9-23-15)13-5-3-12(4-6-13)17(22)19-14-7-8-14/h1-6,9,14,18H,7-8,10-11H2,(H,19,22)/t18-/m0/s1. The molecule has 1 aromatic heterocycles. The lowest BCUT2D eigenvalue weighted by molar-refractivity contribution is -0.128. The maximum absolute atomic E-state index is 12.2. The van der Waals surface area contributed by atoms with Gasteiger partial charge >= 0.3 is 0 Å². The zero-order valence-corrected chi connectivity index (χ0v) is 13.9. The zero-order chi connectivity index (χ0) is 16.5. The summed E-state index contributed by atoms with van der Waals surface area (Å²) < 4.78 is 5.37. The lowest BCUT2D eigenvalue weighted by Crippen LogP contribution is -2.27. The smallest absolute Gasteiger partial charge is 0.251 e. The monoisotopic (exact) mass is 342 g/mol. The van der Waals surface area contributed by atoms with Crippen molar-refractivity contribution in [1.29, 1.82) is 0 Å². The van der Waals surface area contributed by atoms with E-state index in [9.17, 15) is 9.59 Å². The molecule has 2 fully saturated rings. The van der Waals surface area contributed by atoms with Crippen molar-refractivity contribution in [3.05, 3.63) is 59.5 Å². The number of nitrogens with zero attached hydrogens (tertiary/aromatic N) is 1. The number of hydrogen-bond acceptors (Lipinski definition) is 4. The molecule has 1 aliphatic heterocycles. The molecule has 124 valence electrons. The lowest BCUT2D eigenvalue weighted by atomic mass is 10.1. The maximum Gasteiger partial charge on any atom is 0.251 e. The number of furan rings is 1. The van der Waals surface area contributed by atoms with Crippen LogP contribution in [0.5, 0.6) is 0 Å². The number of rotatable bonds is 5. The molecule has 2 heterocycles. The summed E-state index contributed by atoms with van der Waals surface area (Å²) in [5.41, 5.74) is 1.69. The van der Waals surface area contributed by atoms with Gasteiger partial charge in [-0.1, -0.05) is 12.1 Å². The first-order chi connectivity index (χ1) is 11.7. The molecule has 1 atom stereocenters. The quantitative estimate of drug-likeness (QED) is 0.907. The Kier molecular flexibility index (Phi) is 4.06. The van der Waals surface area contributed by atoms with Crippen molar-refractivity contribution in [3.63, 3.8) is 0 Å². The summed E-state index contributed by atoms with van der Waals surface area (Å²) in [6, 6.07) is 11.6. The molecule has 1 aromatic carbocycles. The van der Waals surface area contributed by atoms with Gasteiger partial charge in [-0.25, -0.2) is 0 Å². The van der Waals surface area contributed by atoms with Crippen molar-refractivity contribution in [2.24, 2.45) is 0 Å². The summed E-state index contributed by atoms with van der Waals surface area (Å²) in [7, 11) is 0. The van der Waals surface area contributed by atoms with Crippen molar-refractivity contribution in [3.8, 4) is 0 Å². The number of amides is 2. The first kappa shape index (κ1) is 15.3. The maximum atomic E-state index is 12.2. The van der Waals surface area contributed by atoms with Gasteiger partial charge in [-0.3, -0.25) is 9.59 Å². The Bertz CT molecular complexity index is 738. The summed E-state index contributed by atoms with van der Waals surface area (Å²) in [6.07, 6.45) is 3.77. The second kappa shape index (κ2) is 6.36. The normalized spacial score (nSPS) is 20.4. The molecule has 2 aliphatic rings. The average Bonchev–Trinajstić information content (AvgIpc) is 3.12. The molecule has 1 aliphatic carbocycles. The van der Waals surface area contributed by atoms with E-state index in [1.54, 1.807) is 18.0 Å². The number of hydrogen-bond donors (Lipinski definition) is 1. The van der Waals surface area contributed by atoms with Crippen LogP contribution in [-0.2, 0) is 11.3 Å². The molecule has 0 bridgehead atoms. The van der Waals surface area contributed by atoms with Crippen LogP contribution in [0.4, 0.5) is 0 Å². The third-order valence-electron chi connectivity index (χ3n) is 4.24. The molecule has 6 heteroatoms. The number of benzene rings is 1. The molecule has 2 amide bonds. The molecule has 0 spiro atoms. The Morgan fingerprint density at radius 3 is 2.71 bits per heavy atom. The van der Waals surface area contributed by atoms with E-state index < -0.39 is 0 Å². The van der Waals surface area contributed by atoms with Gasteiger partial charge in [-0.2, -0.15) is 0 Å². The Morgan fingerprint density at radius 2 is 2.04 bits per heavy atom. The minimum absolute atomic E-state index is 0.0216. The van der Waals surface area contributed by atoms with Crippen molar-refractivity contribution in [1.82, 2.24) is 10.2 Å². The highest BCUT2D eigenvalue weighted by Gasteiger charge is 2.33. The molecule has 5 nitrogen and oxygen atoms in total. The lowest BCUT2D eigenvalue weighted by Gasteiger charge is -2.23. The van der Waals surface area contributed by atoms with E-state index in [0.29, 0.717) is 23.9 Å². The van der Waals surface area contributed by atoms with E-state index in [-0.39, 0.29) is 17.2 Å². The molecule has 0 unspecified atom stereocenters. The van der Waals surface area contributed by atoms with Gasteiger partial charge in [-0.05, 0) is 42.7 Å². The van der Waals surface area contributed by atoms with Gasteiger partial charge in [0.25, 0.3) is 5.91 Å². The molecule has 0 radical (unpaired) electrons. The summed E-state index contributed by atoms with van der Waals surface area (Å²) in [5, 5.41) is 2.94. The first-order valence-corrected chi connectivity index (χ1v) is 9.10. The molecule has 1 N–H and O–H groups in total. The van der Waals surface area contributed by atoms with Gasteiger partial charge in [0.1, 0.15) is 11.1 Å². The number of nitrogens with one attached hydrogen (secondary N) is 1. The van der Waals surface area contributed by atoms with Crippen LogP contribution >= 0.6 is 11.8 Å². The Hall–Kier alpha value is -2.21. The number of thioether (sulfide) groups is 1. The Labute approximate surface area is 144 Å². The molecule has 24 heavy (non-hydrogen) atoms. The topological polar surface area (TPSA) is 62.6 Å². The largest absolute Gasteiger partial charge is 0.467 e. The van der Waals surface area contributed by atoms with E-state index >= 15 is 0 Å². The van der Waals surface area contributed by atoms with Crippen LogP contribution in [0.3, 0.4) is 0 Å². The van der Waals surface area contributed by atoms with Crippen molar-refractivity contribution < 1.29 is 14.0 Å². The van der Waals surface area contributed by atoms with E-state index in [1.165, 1.54) is 0 Å². The SMILES string of the molecule is O=C(NC1CC1)c1ccc([C@@H]2SCC(=O)N2Cc2ccco2)cc1. The van der Waals surface area contributed by atoms with E-state index in [2.05, 4.69) is 5.32 Å². The number of carbonyl (C=O) groups excluding carboxylic acids is 2. The van der Waals surface area contributed by atoms with E-state index in [0.717, 1.165) is 24.2 Å². The van der Waals surface area contributed by atoms with Gasteiger partial charge in [0, 0.05) is 11.6 Å². The predicted octanol–water partition coefficient (Wildman–Crippen LogP) is 2.95. The van der Waals surface area contributed by atoms with Crippen LogP contribution in [0.1, 0.15) is 39.9 Å². The van der Waals surface area contributed by atoms with Crippen LogP contribution in [0, 0.1) is 0 Å². The van der Waals surface area contributed by atoms with Crippen LogP contribution in [0.2, 0.25) is 0 Å².